The molecule has 0 saturated heterocycles. The van der Waals surface area contributed by atoms with Gasteiger partial charge in [-0.05, 0) is 24.2 Å². The van der Waals surface area contributed by atoms with Gasteiger partial charge in [0.25, 0.3) is 0 Å². The smallest absolute Gasteiger partial charge is 0.216 e. The van der Waals surface area contributed by atoms with Gasteiger partial charge in [-0.3, -0.25) is 5.01 Å². The molecule has 6 heteroatoms. The number of aryl methyl sites for hydroxylation is 1. The molecule has 3 heterocycles. The second kappa shape index (κ2) is 3.80. The molecule has 0 spiro atoms. The summed E-state index contributed by atoms with van der Waals surface area (Å²) in [5.41, 5.74) is 1.30. The van der Waals surface area contributed by atoms with Gasteiger partial charge in [0.2, 0.25) is 5.16 Å². The van der Waals surface area contributed by atoms with E-state index in [0.29, 0.717) is 0 Å². The molecular formula is C12H10N4S2. The van der Waals surface area contributed by atoms with Crippen LogP contribution in [0, 0.1) is 6.92 Å². The average molecular weight is 274 g/mol. The minimum Gasteiger partial charge on any atom is -0.252 e. The third kappa shape index (κ3) is 1.36. The van der Waals surface area contributed by atoms with E-state index in [2.05, 4.69) is 49.6 Å². The van der Waals surface area contributed by atoms with E-state index in [1.165, 1.54) is 10.6 Å². The van der Waals surface area contributed by atoms with Gasteiger partial charge in [-0.2, -0.15) is 0 Å². The van der Waals surface area contributed by atoms with Crippen LogP contribution in [0.3, 0.4) is 0 Å². The predicted molar refractivity (Wildman–Crippen MR) is 73.7 cm³/mol. The van der Waals surface area contributed by atoms with Crippen LogP contribution in [0.25, 0.3) is 0 Å². The summed E-state index contributed by atoms with van der Waals surface area (Å²) in [6.07, 6.45) is 0. The van der Waals surface area contributed by atoms with Crippen molar-refractivity contribution in [3.63, 3.8) is 0 Å². The Kier molecular flexibility index (Phi) is 2.22. The highest BCUT2D eigenvalue weighted by atomic mass is 32.2. The van der Waals surface area contributed by atoms with Gasteiger partial charge in [0, 0.05) is 5.41 Å². The summed E-state index contributed by atoms with van der Waals surface area (Å²) < 4.78 is 2.11. The second-order valence-corrected chi connectivity index (χ2v) is 6.09. The van der Waals surface area contributed by atoms with E-state index in [9.17, 15) is 0 Å². The number of aromatic nitrogens is 3. The Morgan fingerprint density at radius 3 is 2.83 bits per heavy atom. The molecule has 2 aliphatic rings. The van der Waals surface area contributed by atoms with Crippen LogP contribution in [0.1, 0.15) is 16.8 Å². The first-order valence-corrected chi connectivity index (χ1v) is 7.40. The van der Waals surface area contributed by atoms with Crippen molar-refractivity contribution < 1.29 is 0 Å². The first-order valence-electron chi connectivity index (χ1n) is 5.64. The number of hydrogen-bond acceptors (Lipinski definition) is 5. The first-order chi connectivity index (χ1) is 8.84. The Morgan fingerprint density at radius 1 is 1.17 bits per heavy atom. The molecule has 0 radical (unpaired) electrons. The molecule has 0 N–H and O–H groups in total. The van der Waals surface area contributed by atoms with Crippen LogP contribution in [-0.2, 0) is 0 Å². The van der Waals surface area contributed by atoms with Crippen molar-refractivity contribution in [2.24, 2.45) is 0 Å². The minimum atomic E-state index is 0.282. The maximum atomic E-state index is 4.19. The molecule has 4 rings (SSSR count). The monoisotopic (exact) mass is 274 g/mol. The summed E-state index contributed by atoms with van der Waals surface area (Å²) in [4.78, 5) is 0. The fourth-order valence-electron chi connectivity index (χ4n) is 2.21. The Balaban J connectivity index is 1.81. The summed E-state index contributed by atoms with van der Waals surface area (Å²) in [7, 11) is 0. The molecule has 1 aromatic heterocycles. The third-order valence-corrected chi connectivity index (χ3v) is 5.20. The van der Waals surface area contributed by atoms with Crippen molar-refractivity contribution in [2.75, 3.05) is 5.01 Å². The van der Waals surface area contributed by atoms with E-state index >= 15 is 0 Å². The summed E-state index contributed by atoms with van der Waals surface area (Å²) in [6, 6.07) is 10.5. The standard InChI is InChI=1S/C12H10N4S2/c1-8-13-14-12-15(8)16-10(18-12)7-17-11(16)9-5-3-2-4-6-9/h2-7,11H,1H3/t11-/m1/s1. The van der Waals surface area contributed by atoms with Crippen LogP contribution in [0.2, 0.25) is 0 Å². The first kappa shape index (κ1) is 10.5. The van der Waals surface area contributed by atoms with Crippen molar-refractivity contribution in [2.45, 2.75) is 17.5 Å². The molecule has 90 valence electrons. The summed E-state index contributed by atoms with van der Waals surface area (Å²) in [5, 5.41) is 15.3. The number of nitrogens with zero attached hydrogens (tertiary/aromatic N) is 4. The molecule has 2 aliphatic heterocycles. The zero-order chi connectivity index (χ0) is 12.1. The lowest BCUT2D eigenvalue weighted by molar-refractivity contribution is 0.618. The van der Waals surface area contributed by atoms with Gasteiger partial charge >= 0.3 is 0 Å². The Hall–Kier alpha value is -1.40. The van der Waals surface area contributed by atoms with Crippen LogP contribution in [-0.4, -0.2) is 14.9 Å². The molecule has 4 nitrogen and oxygen atoms in total. The minimum absolute atomic E-state index is 0.282. The summed E-state index contributed by atoms with van der Waals surface area (Å²) in [6.45, 7) is 1.99. The third-order valence-electron chi connectivity index (χ3n) is 3.01. The van der Waals surface area contributed by atoms with E-state index in [4.69, 9.17) is 0 Å². The van der Waals surface area contributed by atoms with Crippen molar-refractivity contribution in [1.29, 1.82) is 0 Å². The predicted octanol–water partition coefficient (Wildman–Crippen LogP) is 2.87. The molecular weight excluding hydrogens is 264 g/mol. The van der Waals surface area contributed by atoms with Crippen LogP contribution < -0.4 is 5.01 Å². The summed E-state index contributed by atoms with van der Waals surface area (Å²) >= 11 is 3.51. The summed E-state index contributed by atoms with van der Waals surface area (Å²) in [5.74, 6) is 0.935. The largest absolute Gasteiger partial charge is 0.252 e. The lowest BCUT2D eigenvalue weighted by Gasteiger charge is -2.25. The van der Waals surface area contributed by atoms with Gasteiger partial charge in [-0.15, -0.1) is 10.2 Å². The molecule has 0 amide bonds. The lowest BCUT2D eigenvalue weighted by Crippen LogP contribution is -2.29. The maximum absolute atomic E-state index is 4.19. The van der Waals surface area contributed by atoms with Crippen LogP contribution in [0.5, 0.6) is 0 Å². The van der Waals surface area contributed by atoms with E-state index in [0.717, 1.165) is 11.0 Å². The van der Waals surface area contributed by atoms with Crippen molar-refractivity contribution >= 4 is 23.5 Å². The molecule has 0 saturated carbocycles. The maximum Gasteiger partial charge on any atom is 0.216 e. The average Bonchev–Trinajstić information content (AvgIpc) is 3.03. The molecule has 0 aliphatic carbocycles. The highest BCUT2D eigenvalue weighted by Crippen LogP contribution is 2.50. The molecule has 1 atom stereocenters. The number of hydrogen-bond donors (Lipinski definition) is 0. The van der Waals surface area contributed by atoms with Crippen LogP contribution >= 0.6 is 23.5 Å². The topological polar surface area (TPSA) is 34.0 Å². The molecule has 0 unspecified atom stereocenters. The highest BCUT2D eigenvalue weighted by Gasteiger charge is 2.38. The number of thioether (sulfide) groups is 2. The molecule has 0 bridgehead atoms. The molecule has 1 aromatic carbocycles. The highest BCUT2D eigenvalue weighted by molar-refractivity contribution is 8.07. The van der Waals surface area contributed by atoms with Gasteiger partial charge < -0.3 is 0 Å². The van der Waals surface area contributed by atoms with Gasteiger partial charge in [-0.1, -0.05) is 42.1 Å². The molecule has 18 heavy (non-hydrogen) atoms. The number of rotatable bonds is 1. The van der Waals surface area contributed by atoms with Crippen molar-refractivity contribution in [3.8, 4) is 0 Å². The van der Waals surface area contributed by atoms with Gasteiger partial charge in [0.15, 0.2) is 5.82 Å². The number of fused-ring (bicyclic) bond motifs is 3. The van der Waals surface area contributed by atoms with Crippen LogP contribution in [0.4, 0.5) is 0 Å². The Bertz CT molecular complexity index is 635. The van der Waals surface area contributed by atoms with Gasteiger partial charge in [0.05, 0.1) is 0 Å². The fourth-order valence-corrected chi connectivity index (χ4v) is 4.48. The normalized spacial score (nSPS) is 20.8. The van der Waals surface area contributed by atoms with Gasteiger partial charge in [0.1, 0.15) is 10.4 Å². The van der Waals surface area contributed by atoms with Gasteiger partial charge in [-0.25, -0.2) is 4.68 Å². The molecule has 2 aromatic rings. The fraction of sp³-hybridized carbons (Fsp3) is 0.167. The zero-order valence-corrected chi connectivity index (χ0v) is 11.3. The van der Waals surface area contributed by atoms with Crippen molar-refractivity contribution in [3.05, 3.63) is 52.2 Å². The van der Waals surface area contributed by atoms with E-state index < -0.39 is 0 Å². The van der Waals surface area contributed by atoms with Crippen molar-refractivity contribution in [1.82, 2.24) is 14.9 Å². The van der Waals surface area contributed by atoms with E-state index in [-0.39, 0.29) is 5.37 Å². The SMILES string of the molecule is Cc1nnc2n1N1C(=CS[C@@H]1c1ccccc1)S2. The molecule has 0 fully saturated rings. The number of benzene rings is 1. The van der Waals surface area contributed by atoms with Crippen LogP contribution in [0.15, 0.2) is 45.9 Å². The second-order valence-electron chi connectivity index (χ2n) is 4.14. The Labute approximate surface area is 113 Å². The quantitative estimate of drug-likeness (QED) is 0.798. The Morgan fingerprint density at radius 2 is 2.00 bits per heavy atom. The lowest BCUT2D eigenvalue weighted by atomic mass is 10.2. The van der Waals surface area contributed by atoms with E-state index in [1.54, 1.807) is 11.8 Å². The zero-order valence-electron chi connectivity index (χ0n) is 9.65. The van der Waals surface area contributed by atoms with E-state index in [1.807, 2.05) is 24.8 Å².